The zero-order valence-electron chi connectivity index (χ0n) is 17.1. The maximum Gasteiger partial charge on any atom is 0.274 e. The molecule has 0 unspecified atom stereocenters. The van der Waals surface area contributed by atoms with E-state index < -0.39 is 10.7 Å². The summed E-state index contributed by atoms with van der Waals surface area (Å²) in [5.74, 6) is 0.0738. The Labute approximate surface area is 194 Å². The van der Waals surface area contributed by atoms with Crippen LogP contribution in [0, 0.1) is 21.3 Å². The third-order valence-electron chi connectivity index (χ3n) is 5.12. The molecule has 13 nitrogen and oxygen atoms in total. The van der Waals surface area contributed by atoms with E-state index in [1.54, 1.807) is 0 Å². The lowest BCUT2D eigenvalue weighted by atomic mass is 9.78. The molecule has 15 heteroatoms. The van der Waals surface area contributed by atoms with Gasteiger partial charge < -0.3 is 20.3 Å². The Hall–Kier alpha value is -3.30. The number of nitrogens with one attached hydrogen (secondary N) is 3. The van der Waals surface area contributed by atoms with Gasteiger partial charge in [-0.25, -0.2) is 14.0 Å². The number of ether oxygens (including phenoxy) is 1. The van der Waals surface area contributed by atoms with Gasteiger partial charge in [-0.1, -0.05) is 0 Å². The molecule has 2 saturated heterocycles. The first kappa shape index (κ1) is 22.9. The highest BCUT2D eigenvalue weighted by Gasteiger charge is 2.50. The molecule has 2 aliphatic rings. The molecule has 0 amide bonds. The lowest BCUT2D eigenvalue weighted by Gasteiger charge is -2.55. The van der Waals surface area contributed by atoms with Crippen molar-refractivity contribution in [3.05, 3.63) is 56.3 Å². The zero-order chi connectivity index (χ0) is 23.4. The molecular formula is C18H20BrFN8O5. The van der Waals surface area contributed by atoms with Crippen molar-refractivity contribution < 1.29 is 23.9 Å². The number of hydrogen-bond donors (Lipinski definition) is 4. The Morgan fingerprint density at radius 1 is 1.39 bits per heavy atom. The molecule has 0 atom stereocenters. The highest BCUT2D eigenvalue weighted by Crippen LogP contribution is 2.38. The third-order valence-corrected chi connectivity index (χ3v) is 5.73. The summed E-state index contributed by atoms with van der Waals surface area (Å²) >= 11 is 3.07. The van der Waals surface area contributed by atoms with Crippen molar-refractivity contribution in [2.45, 2.75) is 0 Å². The quantitative estimate of drug-likeness (QED) is 0.123. The summed E-state index contributed by atoms with van der Waals surface area (Å²) in [6, 6.07) is 4.06. The molecule has 4 rings (SSSR count). The molecule has 4 N–H and O–H groups in total. The second-order valence-electron chi connectivity index (χ2n) is 7.63. The number of likely N-dealkylation sites (tertiary alicyclic amines) is 1. The van der Waals surface area contributed by atoms with E-state index in [-0.39, 0.29) is 27.2 Å². The largest absolute Gasteiger partial charge is 0.380 e. The number of hydrogen-bond acceptors (Lipinski definition) is 11. The van der Waals surface area contributed by atoms with Crippen LogP contribution < -0.4 is 16.1 Å². The Morgan fingerprint density at radius 3 is 2.82 bits per heavy atom. The Balaban J connectivity index is 1.35. The molecule has 0 bridgehead atoms. The minimum Gasteiger partial charge on any atom is -0.380 e. The minimum atomic E-state index is -0.499. The Kier molecular flexibility index (Phi) is 6.71. The van der Waals surface area contributed by atoms with E-state index in [1.165, 1.54) is 18.2 Å². The van der Waals surface area contributed by atoms with Crippen LogP contribution in [0.5, 0.6) is 0 Å². The van der Waals surface area contributed by atoms with Crippen molar-refractivity contribution in [3.8, 4) is 0 Å². The van der Waals surface area contributed by atoms with Gasteiger partial charge in [0.15, 0.2) is 17.4 Å². The Bertz CT molecular complexity index is 1080. The summed E-state index contributed by atoms with van der Waals surface area (Å²) in [7, 11) is 0. The van der Waals surface area contributed by atoms with E-state index in [0.29, 0.717) is 50.9 Å². The van der Waals surface area contributed by atoms with Gasteiger partial charge in [0.25, 0.3) is 6.20 Å². The summed E-state index contributed by atoms with van der Waals surface area (Å²) in [6.07, 6.45) is 0.941. The van der Waals surface area contributed by atoms with Crippen LogP contribution in [-0.2, 0) is 4.74 Å². The number of benzene rings is 1. The van der Waals surface area contributed by atoms with Gasteiger partial charge in [-0.2, -0.15) is 0 Å². The molecule has 1 spiro atoms. The number of anilines is 1. The number of rotatable bonds is 9. The van der Waals surface area contributed by atoms with E-state index in [1.807, 2.05) is 10.4 Å². The van der Waals surface area contributed by atoms with E-state index in [4.69, 9.17) is 9.37 Å². The van der Waals surface area contributed by atoms with Crippen LogP contribution in [0.25, 0.3) is 0 Å². The highest BCUT2D eigenvalue weighted by molar-refractivity contribution is 9.10. The molecule has 0 aliphatic carbocycles. The number of amidine groups is 1. The van der Waals surface area contributed by atoms with Crippen molar-refractivity contribution in [1.82, 2.24) is 26.0 Å². The molecule has 3 heterocycles. The summed E-state index contributed by atoms with van der Waals surface area (Å²) in [4.78, 5) is 16.6. The first-order chi connectivity index (χ1) is 15.9. The van der Waals surface area contributed by atoms with Crippen LogP contribution in [0.3, 0.4) is 0 Å². The van der Waals surface area contributed by atoms with Crippen LogP contribution >= 0.6 is 15.9 Å². The second kappa shape index (κ2) is 9.68. The van der Waals surface area contributed by atoms with Crippen molar-refractivity contribution in [3.63, 3.8) is 0 Å². The summed E-state index contributed by atoms with van der Waals surface area (Å²) in [5, 5.41) is 34.0. The van der Waals surface area contributed by atoms with Crippen molar-refractivity contribution in [2.75, 3.05) is 44.7 Å². The second-order valence-corrected chi connectivity index (χ2v) is 8.49. The smallest absolute Gasteiger partial charge is 0.274 e. The fourth-order valence-electron chi connectivity index (χ4n) is 3.49. The lowest BCUT2D eigenvalue weighted by molar-refractivity contribution is -0.405. The first-order valence-corrected chi connectivity index (χ1v) is 10.6. The van der Waals surface area contributed by atoms with Crippen molar-refractivity contribution in [1.29, 1.82) is 0 Å². The fourth-order valence-corrected chi connectivity index (χ4v) is 3.86. The van der Waals surface area contributed by atoms with E-state index in [0.717, 1.165) is 6.20 Å². The predicted molar refractivity (Wildman–Crippen MR) is 116 cm³/mol. The van der Waals surface area contributed by atoms with E-state index >= 15 is 0 Å². The molecular weight excluding hydrogens is 507 g/mol. The standard InChI is InChI=1S/C18H20BrFN8O5/c19-12-5-11(1-2-13(12)20)23-17(24-29)15-16(26-33-25-15)22-4-3-21-14(6-28(30)31)27-7-18(8-27)9-32-10-18/h1-2,5-6,21,29H,3-4,7-10H2,(H,22,26)(H,23,24). The SMILES string of the molecule is O=[N+]([O-])C=C(NCCNc1nonc1C(=Nc1ccc(F)c(Br)c1)NO)N1CC2(COC2)C1. The van der Waals surface area contributed by atoms with Crippen LogP contribution in [0.2, 0.25) is 0 Å². The monoisotopic (exact) mass is 526 g/mol. The number of hydroxylamine groups is 1. The van der Waals surface area contributed by atoms with Gasteiger partial charge >= 0.3 is 0 Å². The number of nitro groups is 1. The summed E-state index contributed by atoms with van der Waals surface area (Å²) < 4.78 is 23.6. The number of nitrogens with zero attached hydrogens (tertiary/aromatic N) is 5. The third kappa shape index (κ3) is 5.20. The molecule has 33 heavy (non-hydrogen) atoms. The predicted octanol–water partition coefficient (Wildman–Crippen LogP) is 1.44. The van der Waals surface area contributed by atoms with Gasteiger partial charge in [0.1, 0.15) is 5.82 Å². The van der Waals surface area contributed by atoms with Gasteiger partial charge in [-0.15, -0.1) is 0 Å². The summed E-state index contributed by atoms with van der Waals surface area (Å²) in [6.45, 7) is 3.39. The van der Waals surface area contributed by atoms with Gasteiger partial charge in [0.2, 0.25) is 5.82 Å². The van der Waals surface area contributed by atoms with Crippen LogP contribution in [0.4, 0.5) is 15.9 Å². The molecule has 0 radical (unpaired) electrons. The maximum atomic E-state index is 13.4. The van der Waals surface area contributed by atoms with Gasteiger partial charge in [-0.05, 0) is 44.4 Å². The normalized spacial score (nSPS) is 17.4. The molecule has 1 aromatic heterocycles. The van der Waals surface area contributed by atoms with Crippen molar-refractivity contribution in [2.24, 2.45) is 10.4 Å². The highest BCUT2D eigenvalue weighted by atomic mass is 79.9. The average molecular weight is 527 g/mol. The topological polar surface area (TPSA) is 163 Å². The van der Waals surface area contributed by atoms with E-state index in [2.05, 4.69) is 41.9 Å². The maximum absolute atomic E-state index is 13.4. The number of aromatic nitrogens is 2. The minimum absolute atomic E-state index is 0.0762. The molecule has 2 aliphatic heterocycles. The summed E-state index contributed by atoms with van der Waals surface area (Å²) in [5.41, 5.74) is 2.48. The fraction of sp³-hybridized carbons (Fsp3) is 0.389. The molecule has 0 saturated carbocycles. The van der Waals surface area contributed by atoms with Crippen LogP contribution in [0.15, 0.2) is 44.3 Å². The van der Waals surface area contributed by atoms with Crippen LogP contribution in [0.1, 0.15) is 5.69 Å². The average Bonchev–Trinajstić information content (AvgIpc) is 3.17. The molecule has 2 aromatic rings. The number of aliphatic imine (C=N–C) groups is 1. The van der Waals surface area contributed by atoms with Gasteiger partial charge in [0.05, 0.1) is 33.7 Å². The van der Waals surface area contributed by atoms with Crippen molar-refractivity contribution >= 4 is 33.3 Å². The molecule has 2 fully saturated rings. The van der Waals surface area contributed by atoms with Gasteiger partial charge in [0, 0.05) is 26.2 Å². The van der Waals surface area contributed by atoms with E-state index in [9.17, 15) is 19.7 Å². The first-order valence-electron chi connectivity index (χ1n) is 9.82. The zero-order valence-corrected chi connectivity index (χ0v) is 18.7. The molecule has 176 valence electrons. The van der Waals surface area contributed by atoms with Crippen LogP contribution in [-0.4, -0.2) is 70.6 Å². The lowest BCUT2D eigenvalue weighted by Crippen LogP contribution is -2.66. The molecule has 1 aromatic carbocycles. The number of halogens is 2. The Morgan fingerprint density at radius 2 is 2.18 bits per heavy atom. The van der Waals surface area contributed by atoms with Gasteiger partial charge in [-0.3, -0.25) is 20.8 Å².